The molecule has 1 N–H and O–H groups in total. The third kappa shape index (κ3) is 3.74. The molecule has 1 saturated heterocycles. The summed E-state index contributed by atoms with van der Waals surface area (Å²) in [5.74, 6) is 0.179. The van der Waals surface area contributed by atoms with Crippen LogP contribution >= 0.6 is 12.4 Å². The lowest BCUT2D eigenvalue weighted by Crippen LogP contribution is -2.42. The summed E-state index contributed by atoms with van der Waals surface area (Å²) in [6.07, 6.45) is 2.07. The first-order valence-corrected chi connectivity index (χ1v) is 7.22. The molecule has 1 aromatic carbocycles. The Morgan fingerprint density at radius 2 is 2.10 bits per heavy atom. The molecule has 1 heterocycles. The first-order valence-electron chi connectivity index (χ1n) is 7.22. The van der Waals surface area contributed by atoms with E-state index in [1.54, 1.807) is 0 Å². The van der Waals surface area contributed by atoms with Gasteiger partial charge >= 0.3 is 0 Å². The van der Waals surface area contributed by atoms with Crippen LogP contribution in [0.15, 0.2) is 18.2 Å². The molecule has 1 atom stereocenters. The second-order valence-corrected chi connectivity index (χ2v) is 5.44. The number of carbonyl (C=O) groups excluding carboxylic acids is 1. The Morgan fingerprint density at radius 3 is 2.65 bits per heavy atom. The molecule has 0 radical (unpaired) electrons. The molecular weight excluding hydrogens is 272 g/mol. The van der Waals surface area contributed by atoms with Crippen molar-refractivity contribution >= 4 is 18.3 Å². The van der Waals surface area contributed by atoms with Gasteiger partial charge in [0.25, 0.3) is 5.91 Å². The highest BCUT2D eigenvalue weighted by Gasteiger charge is 2.26. The third-order valence-corrected chi connectivity index (χ3v) is 3.95. The number of hydrogen-bond acceptors (Lipinski definition) is 2. The molecule has 0 aliphatic carbocycles. The second-order valence-electron chi connectivity index (χ2n) is 5.44. The summed E-state index contributed by atoms with van der Waals surface area (Å²) in [7, 11) is 0. The van der Waals surface area contributed by atoms with Crippen LogP contribution in [0.25, 0.3) is 0 Å². The van der Waals surface area contributed by atoms with E-state index in [-0.39, 0.29) is 18.3 Å². The highest BCUT2D eigenvalue weighted by Crippen LogP contribution is 2.16. The molecule has 0 aromatic heterocycles. The van der Waals surface area contributed by atoms with Gasteiger partial charge < -0.3 is 10.2 Å². The highest BCUT2D eigenvalue weighted by atomic mass is 35.5. The molecule has 1 fully saturated rings. The predicted octanol–water partition coefficient (Wildman–Crippen LogP) is 2.94. The van der Waals surface area contributed by atoms with Crippen LogP contribution in [0.1, 0.15) is 41.3 Å². The third-order valence-electron chi connectivity index (χ3n) is 3.95. The number of benzene rings is 1. The lowest BCUT2D eigenvalue weighted by atomic mass is 10.0. The molecule has 2 rings (SSSR count). The average molecular weight is 297 g/mol. The maximum Gasteiger partial charge on any atom is 0.254 e. The van der Waals surface area contributed by atoms with Crippen molar-refractivity contribution in [2.45, 2.75) is 39.7 Å². The Balaban J connectivity index is 0.00000200. The van der Waals surface area contributed by atoms with Gasteiger partial charge in [0.2, 0.25) is 0 Å². The first kappa shape index (κ1) is 17.0. The van der Waals surface area contributed by atoms with Gasteiger partial charge in [-0.05, 0) is 56.5 Å². The van der Waals surface area contributed by atoms with E-state index in [1.165, 1.54) is 11.1 Å². The van der Waals surface area contributed by atoms with Gasteiger partial charge in [0.05, 0.1) is 0 Å². The Bertz CT molecular complexity index is 456. The van der Waals surface area contributed by atoms with Crippen molar-refractivity contribution in [2.24, 2.45) is 0 Å². The normalized spacial score (nSPS) is 17.6. The SMILES string of the molecule is CCCN(C(=O)c1ccc(C)c(C)c1)C1CCNC1.Cl. The minimum atomic E-state index is 0. The van der Waals surface area contributed by atoms with Crippen LogP contribution in [-0.2, 0) is 0 Å². The molecule has 3 nitrogen and oxygen atoms in total. The van der Waals surface area contributed by atoms with Gasteiger partial charge in [-0.15, -0.1) is 12.4 Å². The standard InChI is InChI=1S/C16H24N2O.ClH/c1-4-9-18(15-7-8-17-11-15)16(19)14-6-5-12(2)13(3)10-14;/h5-6,10,15,17H,4,7-9,11H2,1-3H3;1H. The summed E-state index contributed by atoms with van der Waals surface area (Å²) < 4.78 is 0. The van der Waals surface area contributed by atoms with Gasteiger partial charge in [0.15, 0.2) is 0 Å². The summed E-state index contributed by atoms with van der Waals surface area (Å²) in [6, 6.07) is 6.37. The molecule has 0 saturated carbocycles. The molecule has 0 spiro atoms. The van der Waals surface area contributed by atoms with Crippen molar-refractivity contribution in [3.05, 3.63) is 34.9 Å². The lowest BCUT2D eigenvalue weighted by molar-refractivity contribution is 0.0692. The molecule has 1 unspecified atom stereocenters. The summed E-state index contributed by atoms with van der Waals surface area (Å²) in [5, 5.41) is 3.34. The highest BCUT2D eigenvalue weighted by molar-refractivity contribution is 5.94. The Kier molecular flexibility index (Phi) is 6.50. The quantitative estimate of drug-likeness (QED) is 0.926. The molecule has 0 bridgehead atoms. The minimum Gasteiger partial charge on any atom is -0.334 e. The first-order chi connectivity index (χ1) is 9.13. The van der Waals surface area contributed by atoms with E-state index in [0.29, 0.717) is 6.04 Å². The van der Waals surface area contributed by atoms with Crippen LogP contribution in [0.2, 0.25) is 0 Å². The largest absolute Gasteiger partial charge is 0.334 e. The zero-order valence-corrected chi connectivity index (χ0v) is 13.4. The van der Waals surface area contributed by atoms with Crippen molar-refractivity contribution in [1.29, 1.82) is 0 Å². The van der Waals surface area contributed by atoms with Crippen LogP contribution in [0, 0.1) is 13.8 Å². The zero-order valence-electron chi connectivity index (χ0n) is 12.6. The van der Waals surface area contributed by atoms with Crippen molar-refractivity contribution < 1.29 is 4.79 Å². The Morgan fingerprint density at radius 1 is 1.35 bits per heavy atom. The average Bonchev–Trinajstić information content (AvgIpc) is 2.92. The Hall–Kier alpha value is -1.06. The van der Waals surface area contributed by atoms with E-state index in [2.05, 4.69) is 26.1 Å². The van der Waals surface area contributed by atoms with Gasteiger partial charge in [0.1, 0.15) is 0 Å². The number of nitrogens with one attached hydrogen (secondary N) is 1. The van der Waals surface area contributed by atoms with Crippen LogP contribution in [-0.4, -0.2) is 36.5 Å². The predicted molar refractivity (Wildman–Crippen MR) is 85.8 cm³/mol. The number of amides is 1. The molecule has 4 heteroatoms. The van der Waals surface area contributed by atoms with Crippen molar-refractivity contribution in [1.82, 2.24) is 10.2 Å². The smallest absolute Gasteiger partial charge is 0.254 e. The summed E-state index contributed by atoms with van der Waals surface area (Å²) >= 11 is 0. The monoisotopic (exact) mass is 296 g/mol. The number of halogens is 1. The van der Waals surface area contributed by atoms with Gasteiger partial charge in [-0.3, -0.25) is 4.79 Å². The van der Waals surface area contributed by atoms with E-state index in [0.717, 1.165) is 38.0 Å². The molecule has 20 heavy (non-hydrogen) atoms. The molecule has 1 aliphatic heterocycles. The van der Waals surface area contributed by atoms with E-state index >= 15 is 0 Å². The molecule has 112 valence electrons. The van der Waals surface area contributed by atoms with Gasteiger partial charge in [-0.25, -0.2) is 0 Å². The van der Waals surface area contributed by atoms with Gasteiger partial charge in [-0.2, -0.15) is 0 Å². The molecular formula is C16H25ClN2O. The lowest BCUT2D eigenvalue weighted by Gasteiger charge is -2.28. The molecule has 1 aromatic rings. The second kappa shape index (κ2) is 7.65. The Labute approximate surface area is 128 Å². The molecule has 1 amide bonds. The van der Waals surface area contributed by atoms with Crippen LogP contribution in [0.5, 0.6) is 0 Å². The fourth-order valence-electron chi connectivity index (χ4n) is 2.64. The number of aryl methyl sites for hydroxylation is 2. The van der Waals surface area contributed by atoms with Crippen molar-refractivity contribution in [3.63, 3.8) is 0 Å². The van der Waals surface area contributed by atoms with Crippen LogP contribution in [0.3, 0.4) is 0 Å². The van der Waals surface area contributed by atoms with Crippen molar-refractivity contribution in [3.8, 4) is 0 Å². The van der Waals surface area contributed by atoms with E-state index in [9.17, 15) is 4.79 Å². The van der Waals surface area contributed by atoms with Crippen LogP contribution in [0.4, 0.5) is 0 Å². The van der Waals surface area contributed by atoms with E-state index in [1.807, 2.05) is 23.1 Å². The number of carbonyl (C=O) groups is 1. The zero-order chi connectivity index (χ0) is 13.8. The fourth-order valence-corrected chi connectivity index (χ4v) is 2.64. The van der Waals surface area contributed by atoms with Crippen LogP contribution < -0.4 is 5.32 Å². The minimum absolute atomic E-state index is 0. The van der Waals surface area contributed by atoms with E-state index in [4.69, 9.17) is 0 Å². The maximum atomic E-state index is 12.7. The number of hydrogen-bond donors (Lipinski definition) is 1. The van der Waals surface area contributed by atoms with Gasteiger partial charge in [0, 0.05) is 24.7 Å². The van der Waals surface area contributed by atoms with Gasteiger partial charge in [-0.1, -0.05) is 13.0 Å². The summed E-state index contributed by atoms with van der Waals surface area (Å²) in [6.45, 7) is 9.06. The van der Waals surface area contributed by atoms with E-state index < -0.39 is 0 Å². The maximum absolute atomic E-state index is 12.7. The number of nitrogens with zero attached hydrogens (tertiary/aromatic N) is 1. The number of rotatable bonds is 4. The fraction of sp³-hybridized carbons (Fsp3) is 0.562. The topological polar surface area (TPSA) is 32.3 Å². The molecule has 1 aliphatic rings. The summed E-state index contributed by atoms with van der Waals surface area (Å²) in [4.78, 5) is 14.7. The summed E-state index contributed by atoms with van der Waals surface area (Å²) in [5.41, 5.74) is 3.25. The van der Waals surface area contributed by atoms with Crippen molar-refractivity contribution in [2.75, 3.05) is 19.6 Å².